The van der Waals surface area contributed by atoms with E-state index in [2.05, 4.69) is 50.7 Å². The molecule has 0 N–H and O–H groups in total. The van der Waals surface area contributed by atoms with Crippen molar-refractivity contribution in [2.24, 2.45) is 16.3 Å². The minimum absolute atomic E-state index is 0.159. The topological polar surface area (TPSA) is 30.2 Å². The maximum atomic E-state index is 4.51. The van der Waals surface area contributed by atoms with Gasteiger partial charge in [-0.3, -0.25) is 4.57 Å². The number of imidazole rings is 1. The van der Waals surface area contributed by atoms with Crippen molar-refractivity contribution in [3.63, 3.8) is 0 Å². The van der Waals surface area contributed by atoms with Gasteiger partial charge in [0.05, 0.1) is 6.33 Å². The highest BCUT2D eigenvalue weighted by Crippen LogP contribution is 2.22. The molecule has 1 aromatic rings. The van der Waals surface area contributed by atoms with Crippen LogP contribution in [0, 0.1) is 11.3 Å². The highest BCUT2D eigenvalue weighted by atomic mass is 15.1. The highest BCUT2D eigenvalue weighted by molar-refractivity contribution is 5.59. The third-order valence-corrected chi connectivity index (χ3v) is 2.04. The Morgan fingerprint density at radius 1 is 1.38 bits per heavy atom. The zero-order chi connectivity index (χ0) is 12.2. The van der Waals surface area contributed by atoms with E-state index in [9.17, 15) is 0 Å². The summed E-state index contributed by atoms with van der Waals surface area (Å²) in [6, 6.07) is 0. The second-order valence-electron chi connectivity index (χ2n) is 5.34. The molecular formula is C13H21N3. The largest absolute Gasteiger partial charge is 0.297 e. The standard InChI is InChI=1S/C13H21N3/c1-11(2)12(8-13(3,4)5)15-10-16-7-6-14-9-16/h6-11H,1-5H3/b12-8-,15-10?. The lowest BCUT2D eigenvalue weighted by Gasteiger charge is -2.16. The maximum absolute atomic E-state index is 4.51. The van der Waals surface area contributed by atoms with Gasteiger partial charge in [-0.05, 0) is 11.3 Å². The van der Waals surface area contributed by atoms with Crippen LogP contribution in [0.2, 0.25) is 0 Å². The van der Waals surface area contributed by atoms with E-state index >= 15 is 0 Å². The molecule has 1 aromatic heterocycles. The Balaban J connectivity index is 2.85. The number of aromatic nitrogens is 2. The Hall–Kier alpha value is -1.38. The Bertz CT molecular complexity index is 364. The first kappa shape index (κ1) is 12.7. The van der Waals surface area contributed by atoms with E-state index < -0.39 is 0 Å². The molecule has 0 fully saturated rings. The van der Waals surface area contributed by atoms with E-state index in [-0.39, 0.29) is 5.41 Å². The minimum Gasteiger partial charge on any atom is -0.297 e. The molecule has 0 aliphatic heterocycles. The van der Waals surface area contributed by atoms with Crippen LogP contribution in [0.5, 0.6) is 0 Å². The molecule has 1 heterocycles. The summed E-state index contributed by atoms with van der Waals surface area (Å²) < 4.78 is 1.85. The zero-order valence-electron chi connectivity index (χ0n) is 10.8. The average molecular weight is 219 g/mol. The predicted molar refractivity (Wildman–Crippen MR) is 68.5 cm³/mol. The van der Waals surface area contributed by atoms with Gasteiger partial charge in [-0.2, -0.15) is 0 Å². The van der Waals surface area contributed by atoms with Gasteiger partial charge in [-0.1, -0.05) is 40.7 Å². The zero-order valence-corrected chi connectivity index (χ0v) is 10.8. The summed E-state index contributed by atoms with van der Waals surface area (Å²) in [5.41, 5.74) is 1.27. The first-order valence-electron chi connectivity index (χ1n) is 5.63. The van der Waals surface area contributed by atoms with Gasteiger partial charge in [0.25, 0.3) is 0 Å². The van der Waals surface area contributed by atoms with Crippen LogP contribution in [0.4, 0.5) is 0 Å². The summed E-state index contributed by atoms with van der Waals surface area (Å²) in [4.78, 5) is 8.48. The Morgan fingerprint density at radius 3 is 2.50 bits per heavy atom. The molecule has 0 atom stereocenters. The van der Waals surface area contributed by atoms with E-state index in [1.54, 1.807) is 18.9 Å². The lowest BCUT2D eigenvalue weighted by molar-refractivity contribution is 0.530. The summed E-state index contributed by atoms with van der Waals surface area (Å²) in [6.45, 7) is 10.9. The molecule has 0 aliphatic carbocycles. The number of aliphatic imine (C=N–C) groups is 1. The van der Waals surface area contributed by atoms with Crippen LogP contribution in [0.15, 0.2) is 35.5 Å². The molecule has 0 bridgehead atoms. The van der Waals surface area contributed by atoms with Crippen molar-refractivity contribution >= 4 is 6.34 Å². The number of nitrogens with zero attached hydrogens (tertiary/aromatic N) is 3. The molecule has 3 nitrogen and oxygen atoms in total. The fraction of sp³-hybridized carbons (Fsp3) is 0.538. The molecule has 0 aliphatic rings. The second kappa shape index (κ2) is 5.10. The van der Waals surface area contributed by atoms with Crippen LogP contribution in [0.25, 0.3) is 0 Å². The van der Waals surface area contributed by atoms with Crippen LogP contribution in [0.1, 0.15) is 34.6 Å². The monoisotopic (exact) mass is 219 g/mol. The van der Waals surface area contributed by atoms with Gasteiger partial charge in [0.2, 0.25) is 0 Å². The van der Waals surface area contributed by atoms with Crippen LogP contribution < -0.4 is 0 Å². The van der Waals surface area contributed by atoms with E-state index in [0.29, 0.717) is 5.92 Å². The molecule has 0 aromatic carbocycles. The van der Waals surface area contributed by atoms with E-state index in [1.807, 2.05) is 10.8 Å². The molecule has 16 heavy (non-hydrogen) atoms. The first-order chi connectivity index (χ1) is 7.38. The highest BCUT2D eigenvalue weighted by Gasteiger charge is 2.10. The normalized spacial score (nSPS) is 14.0. The number of rotatable bonds is 3. The molecule has 0 unspecified atom stereocenters. The van der Waals surface area contributed by atoms with Crippen molar-refractivity contribution in [3.05, 3.63) is 30.5 Å². The Morgan fingerprint density at radius 2 is 2.06 bits per heavy atom. The smallest absolute Gasteiger partial charge is 0.100 e. The third kappa shape index (κ3) is 4.43. The summed E-state index contributed by atoms with van der Waals surface area (Å²) in [7, 11) is 0. The van der Waals surface area contributed by atoms with Crippen LogP contribution >= 0.6 is 0 Å². The SMILES string of the molecule is CC(C)/C(=C/C(C)(C)C)N=Cn1ccnc1. The van der Waals surface area contributed by atoms with Crippen molar-refractivity contribution in [1.29, 1.82) is 0 Å². The van der Waals surface area contributed by atoms with E-state index in [1.165, 1.54) is 0 Å². The lowest BCUT2D eigenvalue weighted by Crippen LogP contribution is -2.04. The predicted octanol–water partition coefficient (Wildman–Crippen LogP) is 3.35. The van der Waals surface area contributed by atoms with Crippen molar-refractivity contribution in [1.82, 2.24) is 9.55 Å². The summed E-state index contributed by atoms with van der Waals surface area (Å²) >= 11 is 0. The van der Waals surface area contributed by atoms with E-state index in [4.69, 9.17) is 0 Å². The lowest BCUT2D eigenvalue weighted by atomic mass is 9.93. The van der Waals surface area contributed by atoms with Crippen molar-refractivity contribution in [2.75, 3.05) is 0 Å². The van der Waals surface area contributed by atoms with Crippen molar-refractivity contribution in [3.8, 4) is 0 Å². The Labute approximate surface area is 97.9 Å². The molecule has 88 valence electrons. The van der Waals surface area contributed by atoms with Gasteiger partial charge in [0.15, 0.2) is 0 Å². The molecule has 0 spiro atoms. The number of allylic oxidation sites excluding steroid dienone is 2. The second-order valence-corrected chi connectivity index (χ2v) is 5.34. The first-order valence-corrected chi connectivity index (χ1v) is 5.63. The average Bonchev–Trinajstić information content (AvgIpc) is 2.62. The van der Waals surface area contributed by atoms with Gasteiger partial charge in [0.1, 0.15) is 6.34 Å². The van der Waals surface area contributed by atoms with Crippen molar-refractivity contribution in [2.45, 2.75) is 34.6 Å². The number of hydrogen-bond donors (Lipinski definition) is 0. The third-order valence-electron chi connectivity index (χ3n) is 2.04. The quantitative estimate of drug-likeness (QED) is 0.566. The molecule has 3 heteroatoms. The van der Waals surface area contributed by atoms with E-state index in [0.717, 1.165) is 5.70 Å². The molecule has 1 rings (SSSR count). The van der Waals surface area contributed by atoms with Gasteiger partial charge in [-0.15, -0.1) is 0 Å². The molecular weight excluding hydrogens is 198 g/mol. The Kier molecular flexibility index (Phi) is 4.05. The molecule has 0 saturated heterocycles. The summed E-state index contributed by atoms with van der Waals surface area (Å²) in [5.74, 6) is 0.430. The van der Waals surface area contributed by atoms with Crippen LogP contribution in [-0.4, -0.2) is 15.9 Å². The summed E-state index contributed by atoms with van der Waals surface area (Å²) in [5, 5.41) is 0. The summed E-state index contributed by atoms with van der Waals surface area (Å²) in [6.07, 6.45) is 9.36. The van der Waals surface area contributed by atoms with Gasteiger partial charge < -0.3 is 0 Å². The van der Waals surface area contributed by atoms with Gasteiger partial charge >= 0.3 is 0 Å². The van der Waals surface area contributed by atoms with Gasteiger partial charge in [-0.25, -0.2) is 9.98 Å². The van der Waals surface area contributed by atoms with Crippen LogP contribution in [0.3, 0.4) is 0 Å². The van der Waals surface area contributed by atoms with Crippen molar-refractivity contribution < 1.29 is 0 Å². The minimum atomic E-state index is 0.159. The molecule has 0 amide bonds. The van der Waals surface area contributed by atoms with Gasteiger partial charge in [0, 0.05) is 18.1 Å². The molecule has 0 saturated carbocycles. The fourth-order valence-electron chi connectivity index (χ4n) is 1.27. The fourth-order valence-corrected chi connectivity index (χ4v) is 1.27. The number of hydrogen-bond acceptors (Lipinski definition) is 2. The maximum Gasteiger partial charge on any atom is 0.100 e. The van der Waals surface area contributed by atoms with Crippen LogP contribution in [-0.2, 0) is 0 Å². The molecule has 0 radical (unpaired) electrons.